The van der Waals surface area contributed by atoms with Crippen LogP contribution in [0.5, 0.6) is 5.75 Å². The zero-order chi connectivity index (χ0) is 15.4. The molecule has 0 aromatic heterocycles. The SMILES string of the molecule is COc1ccc([C@@H]2C[C@H]2/C(C)=N\OCc2ccccc2)cc1. The molecule has 1 aliphatic rings. The van der Waals surface area contributed by atoms with E-state index in [0.29, 0.717) is 18.4 Å². The molecule has 0 spiro atoms. The molecule has 0 radical (unpaired) electrons. The predicted octanol–water partition coefficient (Wildman–Crippen LogP) is 4.39. The second-order valence-electron chi connectivity index (χ2n) is 5.71. The van der Waals surface area contributed by atoms with Gasteiger partial charge in [0, 0.05) is 5.92 Å². The smallest absolute Gasteiger partial charge is 0.142 e. The largest absolute Gasteiger partial charge is 0.497 e. The van der Waals surface area contributed by atoms with Crippen molar-refractivity contribution in [1.29, 1.82) is 0 Å². The van der Waals surface area contributed by atoms with Crippen LogP contribution in [0.4, 0.5) is 0 Å². The van der Waals surface area contributed by atoms with Gasteiger partial charge in [-0.15, -0.1) is 0 Å². The number of methoxy groups -OCH3 is 1. The van der Waals surface area contributed by atoms with E-state index in [-0.39, 0.29) is 0 Å². The van der Waals surface area contributed by atoms with Crippen LogP contribution in [-0.2, 0) is 11.4 Å². The minimum Gasteiger partial charge on any atom is -0.497 e. The summed E-state index contributed by atoms with van der Waals surface area (Å²) in [4.78, 5) is 5.47. The molecule has 3 heteroatoms. The van der Waals surface area contributed by atoms with Gasteiger partial charge < -0.3 is 9.57 Å². The summed E-state index contributed by atoms with van der Waals surface area (Å²) in [6.07, 6.45) is 1.15. The lowest BCUT2D eigenvalue weighted by Gasteiger charge is -2.04. The Morgan fingerprint density at radius 3 is 2.50 bits per heavy atom. The molecule has 0 heterocycles. The van der Waals surface area contributed by atoms with Gasteiger partial charge in [0.1, 0.15) is 12.4 Å². The summed E-state index contributed by atoms with van der Waals surface area (Å²) in [5.74, 6) is 1.97. The van der Waals surface area contributed by atoms with E-state index in [4.69, 9.17) is 9.57 Å². The van der Waals surface area contributed by atoms with Gasteiger partial charge in [0.15, 0.2) is 0 Å². The fourth-order valence-electron chi connectivity index (χ4n) is 2.73. The number of rotatable bonds is 6. The first-order chi connectivity index (χ1) is 10.8. The number of benzene rings is 2. The van der Waals surface area contributed by atoms with Crippen molar-refractivity contribution in [2.45, 2.75) is 25.9 Å². The van der Waals surface area contributed by atoms with Gasteiger partial charge in [0.2, 0.25) is 0 Å². The maximum Gasteiger partial charge on any atom is 0.142 e. The van der Waals surface area contributed by atoms with E-state index in [9.17, 15) is 0 Å². The number of hydrogen-bond donors (Lipinski definition) is 0. The second-order valence-corrected chi connectivity index (χ2v) is 5.71. The Labute approximate surface area is 131 Å². The molecule has 114 valence electrons. The summed E-state index contributed by atoms with van der Waals surface area (Å²) < 4.78 is 5.20. The summed E-state index contributed by atoms with van der Waals surface area (Å²) in [6, 6.07) is 18.4. The molecule has 2 atom stereocenters. The quantitative estimate of drug-likeness (QED) is 0.584. The molecule has 3 rings (SSSR count). The van der Waals surface area contributed by atoms with Crippen molar-refractivity contribution in [3.05, 3.63) is 65.7 Å². The van der Waals surface area contributed by atoms with Crippen molar-refractivity contribution >= 4 is 5.71 Å². The van der Waals surface area contributed by atoms with Gasteiger partial charge in [-0.25, -0.2) is 0 Å². The molecule has 0 aliphatic heterocycles. The second kappa shape index (κ2) is 6.65. The van der Waals surface area contributed by atoms with Crippen LogP contribution in [-0.4, -0.2) is 12.8 Å². The first-order valence-corrected chi connectivity index (χ1v) is 7.62. The molecular formula is C19H21NO2. The molecule has 3 nitrogen and oxygen atoms in total. The molecular weight excluding hydrogens is 274 g/mol. The van der Waals surface area contributed by atoms with Gasteiger partial charge in [-0.2, -0.15) is 0 Å². The van der Waals surface area contributed by atoms with Gasteiger partial charge in [0.25, 0.3) is 0 Å². The third-order valence-corrected chi connectivity index (χ3v) is 4.15. The first kappa shape index (κ1) is 14.6. The predicted molar refractivity (Wildman–Crippen MR) is 88.2 cm³/mol. The molecule has 0 N–H and O–H groups in total. The van der Waals surface area contributed by atoms with E-state index in [2.05, 4.69) is 24.2 Å². The fourth-order valence-corrected chi connectivity index (χ4v) is 2.73. The zero-order valence-corrected chi connectivity index (χ0v) is 13.0. The molecule has 2 aromatic rings. The van der Waals surface area contributed by atoms with Gasteiger partial charge in [0.05, 0.1) is 12.8 Å². The molecule has 0 amide bonds. The molecule has 1 saturated carbocycles. The Balaban J connectivity index is 1.53. The average molecular weight is 295 g/mol. The van der Waals surface area contributed by atoms with Crippen LogP contribution in [0.3, 0.4) is 0 Å². The highest BCUT2D eigenvalue weighted by Gasteiger charge is 2.40. The Bertz CT molecular complexity index is 634. The van der Waals surface area contributed by atoms with Crippen LogP contribution in [0.25, 0.3) is 0 Å². The topological polar surface area (TPSA) is 30.8 Å². The molecule has 1 fully saturated rings. The fraction of sp³-hybridized carbons (Fsp3) is 0.316. The van der Waals surface area contributed by atoms with Crippen LogP contribution >= 0.6 is 0 Å². The lowest BCUT2D eigenvalue weighted by molar-refractivity contribution is 0.129. The van der Waals surface area contributed by atoms with Crippen molar-refractivity contribution in [2.75, 3.05) is 7.11 Å². The molecule has 22 heavy (non-hydrogen) atoms. The van der Waals surface area contributed by atoms with E-state index < -0.39 is 0 Å². The number of hydrogen-bond acceptors (Lipinski definition) is 3. The number of oxime groups is 1. The van der Waals surface area contributed by atoms with E-state index >= 15 is 0 Å². The lowest BCUT2D eigenvalue weighted by Crippen LogP contribution is -1.99. The van der Waals surface area contributed by atoms with Gasteiger partial charge in [-0.1, -0.05) is 47.6 Å². The van der Waals surface area contributed by atoms with E-state index in [0.717, 1.165) is 23.4 Å². The van der Waals surface area contributed by atoms with Crippen LogP contribution < -0.4 is 4.74 Å². The van der Waals surface area contributed by atoms with Crippen molar-refractivity contribution < 1.29 is 9.57 Å². The van der Waals surface area contributed by atoms with Gasteiger partial charge >= 0.3 is 0 Å². The van der Waals surface area contributed by atoms with Crippen LogP contribution in [0.2, 0.25) is 0 Å². The molecule has 0 bridgehead atoms. The highest BCUT2D eigenvalue weighted by Crippen LogP contribution is 2.48. The van der Waals surface area contributed by atoms with E-state index in [1.54, 1.807) is 7.11 Å². The summed E-state index contributed by atoms with van der Waals surface area (Å²) in [5, 5.41) is 4.28. The Kier molecular flexibility index (Phi) is 4.42. The highest BCUT2D eigenvalue weighted by molar-refractivity contribution is 5.87. The summed E-state index contributed by atoms with van der Waals surface area (Å²) in [5.41, 5.74) is 3.57. The Morgan fingerprint density at radius 2 is 1.82 bits per heavy atom. The maximum atomic E-state index is 5.47. The minimum atomic E-state index is 0.504. The van der Waals surface area contributed by atoms with Crippen LogP contribution in [0, 0.1) is 5.92 Å². The molecule has 0 unspecified atom stereocenters. The average Bonchev–Trinajstić information content (AvgIpc) is 3.37. The van der Waals surface area contributed by atoms with E-state index in [1.165, 1.54) is 5.56 Å². The molecule has 0 saturated heterocycles. The highest BCUT2D eigenvalue weighted by atomic mass is 16.6. The third-order valence-electron chi connectivity index (χ3n) is 4.15. The number of ether oxygens (including phenoxy) is 1. The third kappa shape index (κ3) is 3.48. The maximum absolute atomic E-state index is 5.47. The first-order valence-electron chi connectivity index (χ1n) is 7.62. The Hall–Kier alpha value is -2.29. The monoisotopic (exact) mass is 295 g/mol. The summed E-state index contributed by atoms with van der Waals surface area (Å²) in [7, 11) is 1.69. The van der Waals surface area contributed by atoms with Crippen molar-refractivity contribution in [3.8, 4) is 5.75 Å². The van der Waals surface area contributed by atoms with E-state index in [1.807, 2.05) is 42.5 Å². The van der Waals surface area contributed by atoms with Crippen molar-refractivity contribution in [2.24, 2.45) is 11.1 Å². The zero-order valence-electron chi connectivity index (χ0n) is 13.0. The molecule has 2 aromatic carbocycles. The molecule has 1 aliphatic carbocycles. The normalized spacial score (nSPS) is 20.5. The lowest BCUT2D eigenvalue weighted by atomic mass is 10.1. The Morgan fingerprint density at radius 1 is 1.09 bits per heavy atom. The standard InChI is InChI=1S/C19H21NO2/c1-14(20-22-13-15-6-4-3-5-7-15)18-12-19(18)16-8-10-17(21-2)11-9-16/h3-11,18-19H,12-13H2,1-2H3/b20-14-/t18-,19-/m0/s1. The van der Waals surface area contributed by atoms with Gasteiger partial charge in [-0.3, -0.25) is 0 Å². The van der Waals surface area contributed by atoms with Crippen molar-refractivity contribution in [1.82, 2.24) is 0 Å². The minimum absolute atomic E-state index is 0.504. The summed E-state index contributed by atoms with van der Waals surface area (Å²) in [6.45, 7) is 2.58. The van der Waals surface area contributed by atoms with Crippen molar-refractivity contribution in [3.63, 3.8) is 0 Å². The van der Waals surface area contributed by atoms with Crippen LogP contribution in [0.1, 0.15) is 30.4 Å². The number of nitrogens with zero attached hydrogens (tertiary/aromatic N) is 1. The van der Waals surface area contributed by atoms with Gasteiger partial charge in [-0.05, 0) is 42.5 Å². The van der Waals surface area contributed by atoms with Crippen LogP contribution in [0.15, 0.2) is 59.8 Å². The summed E-state index contributed by atoms with van der Waals surface area (Å²) >= 11 is 0.